The van der Waals surface area contributed by atoms with Gasteiger partial charge in [-0.2, -0.15) is 4.31 Å². The molecule has 0 atom stereocenters. The smallest absolute Gasteiger partial charge is 0.247 e. The number of aromatic nitrogens is 1. The molecule has 0 bridgehead atoms. The Labute approximate surface area is 221 Å². The highest BCUT2D eigenvalue weighted by atomic mass is 32.2. The summed E-state index contributed by atoms with van der Waals surface area (Å²) in [6.45, 7) is 1.74. The Morgan fingerprint density at radius 1 is 0.838 bits per heavy atom. The van der Waals surface area contributed by atoms with Crippen LogP contribution in [-0.4, -0.2) is 79.4 Å². The van der Waals surface area contributed by atoms with Gasteiger partial charge < -0.3 is 28.6 Å². The van der Waals surface area contributed by atoms with Gasteiger partial charge in [-0.15, -0.1) is 11.3 Å². The molecule has 1 aliphatic rings. The molecule has 37 heavy (non-hydrogen) atoms. The highest BCUT2D eigenvalue weighted by molar-refractivity contribution is 7.89. The van der Waals surface area contributed by atoms with Crippen molar-refractivity contribution in [1.29, 1.82) is 0 Å². The second-order valence-electron chi connectivity index (χ2n) is 8.24. The summed E-state index contributed by atoms with van der Waals surface area (Å²) in [5.41, 5.74) is 1.89. The maximum absolute atomic E-state index is 13.4. The molecule has 2 aromatic carbocycles. The van der Waals surface area contributed by atoms with Crippen molar-refractivity contribution >= 4 is 26.5 Å². The van der Waals surface area contributed by atoms with Crippen molar-refractivity contribution in [3.8, 4) is 28.7 Å². The van der Waals surface area contributed by atoms with E-state index in [1.54, 1.807) is 44.8 Å². The average Bonchev–Trinajstić information content (AvgIpc) is 3.40. The highest BCUT2D eigenvalue weighted by Gasteiger charge is 2.32. The second-order valence-corrected chi connectivity index (χ2v) is 11.0. The van der Waals surface area contributed by atoms with Crippen LogP contribution in [0.15, 0.2) is 40.6 Å². The monoisotopic (exact) mass is 549 g/mol. The summed E-state index contributed by atoms with van der Waals surface area (Å²) >= 11 is 1.54. The van der Waals surface area contributed by atoms with Crippen molar-refractivity contribution < 1.29 is 32.1 Å². The standard InChI is InChI=1S/C25H31N3O7S2/c1-31-19-6-7-20(32-2)23(15-19)37(29,30)28-10-8-27(9-11-28)25-26-18(16-36-25)12-17-13-21(33-3)24(35-5)22(14-17)34-4/h6-7,13-16H,8-12H2,1-5H3. The zero-order chi connectivity index (χ0) is 26.6. The van der Waals surface area contributed by atoms with Crippen LogP contribution in [0.2, 0.25) is 0 Å². The Bertz CT molecular complexity index is 1310. The van der Waals surface area contributed by atoms with Gasteiger partial charge in [-0.1, -0.05) is 0 Å². The molecule has 10 nitrogen and oxygen atoms in total. The fraction of sp³-hybridized carbons (Fsp3) is 0.400. The number of benzene rings is 2. The maximum Gasteiger partial charge on any atom is 0.247 e. The van der Waals surface area contributed by atoms with Gasteiger partial charge in [0.25, 0.3) is 0 Å². The summed E-state index contributed by atoms with van der Waals surface area (Å²) in [6.07, 6.45) is 0.594. The number of anilines is 1. The van der Waals surface area contributed by atoms with Crippen LogP contribution >= 0.6 is 11.3 Å². The molecule has 0 unspecified atom stereocenters. The van der Waals surface area contributed by atoms with Crippen molar-refractivity contribution in [1.82, 2.24) is 9.29 Å². The molecule has 0 radical (unpaired) electrons. The van der Waals surface area contributed by atoms with Gasteiger partial charge in [-0.25, -0.2) is 13.4 Å². The fourth-order valence-corrected chi connectivity index (χ4v) is 6.69. The first kappa shape index (κ1) is 26.8. The van der Waals surface area contributed by atoms with Gasteiger partial charge in [0.15, 0.2) is 16.6 Å². The molecular weight excluding hydrogens is 518 g/mol. The summed E-state index contributed by atoms with van der Waals surface area (Å²) < 4.78 is 55.0. The van der Waals surface area contributed by atoms with Crippen molar-refractivity contribution in [3.63, 3.8) is 0 Å². The normalized spacial score (nSPS) is 14.4. The van der Waals surface area contributed by atoms with E-state index >= 15 is 0 Å². The molecule has 0 N–H and O–H groups in total. The third-order valence-corrected chi connectivity index (χ3v) is 9.02. The third-order valence-electron chi connectivity index (χ3n) is 6.15. The molecule has 0 spiro atoms. The first-order valence-electron chi connectivity index (χ1n) is 11.5. The maximum atomic E-state index is 13.4. The molecule has 1 fully saturated rings. The Morgan fingerprint density at radius 2 is 1.49 bits per heavy atom. The molecule has 3 aromatic rings. The summed E-state index contributed by atoms with van der Waals surface area (Å²) in [5.74, 6) is 2.49. The Kier molecular flexibility index (Phi) is 8.30. The number of sulfonamides is 1. The first-order chi connectivity index (χ1) is 17.8. The third kappa shape index (κ3) is 5.55. The molecular formula is C25H31N3O7S2. The van der Waals surface area contributed by atoms with Crippen molar-refractivity contribution in [2.75, 3.05) is 66.6 Å². The lowest BCUT2D eigenvalue weighted by Crippen LogP contribution is -2.48. The predicted octanol–water partition coefficient (Wildman–Crippen LogP) is 3.29. The number of thiazole rings is 1. The van der Waals surface area contributed by atoms with E-state index < -0.39 is 10.0 Å². The number of methoxy groups -OCH3 is 5. The molecule has 0 saturated carbocycles. The number of ether oxygens (including phenoxy) is 5. The lowest BCUT2D eigenvalue weighted by atomic mass is 10.1. The van der Waals surface area contributed by atoms with Crippen LogP contribution in [0, 0.1) is 0 Å². The minimum atomic E-state index is -3.75. The van der Waals surface area contributed by atoms with E-state index in [2.05, 4.69) is 4.90 Å². The van der Waals surface area contributed by atoms with E-state index in [1.165, 1.54) is 24.6 Å². The molecule has 2 heterocycles. The van der Waals surface area contributed by atoms with Gasteiger partial charge in [0, 0.05) is 44.0 Å². The number of hydrogen-bond donors (Lipinski definition) is 0. The molecule has 1 aromatic heterocycles. The second kappa shape index (κ2) is 11.4. The molecule has 200 valence electrons. The van der Waals surface area contributed by atoms with Crippen LogP contribution in [0.3, 0.4) is 0 Å². The van der Waals surface area contributed by atoms with E-state index in [-0.39, 0.29) is 4.90 Å². The van der Waals surface area contributed by atoms with E-state index in [0.29, 0.717) is 61.3 Å². The number of nitrogens with zero attached hydrogens (tertiary/aromatic N) is 3. The minimum absolute atomic E-state index is 0.102. The van der Waals surface area contributed by atoms with Crippen LogP contribution < -0.4 is 28.6 Å². The molecule has 4 rings (SSSR count). The van der Waals surface area contributed by atoms with E-state index in [4.69, 9.17) is 28.7 Å². The van der Waals surface area contributed by atoms with Crippen molar-refractivity contribution in [3.05, 3.63) is 47.0 Å². The number of piperazine rings is 1. The first-order valence-corrected chi connectivity index (χ1v) is 13.9. The average molecular weight is 550 g/mol. The van der Waals surface area contributed by atoms with Gasteiger partial charge in [0.1, 0.15) is 16.4 Å². The van der Waals surface area contributed by atoms with Crippen LogP contribution in [-0.2, 0) is 16.4 Å². The molecule has 12 heteroatoms. The largest absolute Gasteiger partial charge is 0.497 e. The van der Waals surface area contributed by atoms with Crippen molar-refractivity contribution in [2.45, 2.75) is 11.3 Å². The summed E-state index contributed by atoms with van der Waals surface area (Å²) in [4.78, 5) is 7.02. The van der Waals surface area contributed by atoms with Gasteiger partial charge in [0.2, 0.25) is 15.8 Å². The number of hydrogen-bond acceptors (Lipinski definition) is 10. The van der Waals surface area contributed by atoms with Crippen LogP contribution in [0.4, 0.5) is 5.13 Å². The Balaban J connectivity index is 1.45. The van der Waals surface area contributed by atoms with Gasteiger partial charge >= 0.3 is 0 Å². The van der Waals surface area contributed by atoms with E-state index in [1.807, 2.05) is 17.5 Å². The lowest BCUT2D eigenvalue weighted by Gasteiger charge is -2.34. The van der Waals surface area contributed by atoms with Crippen molar-refractivity contribution in [2.24, 2.45) is 0 Å². The summed E-state index contributed by atoms with van der Waals surface area (Å²) in [5, 5.41) is 2.88. The van der Waals surface area contributed by atoms with Crippen LogP contribution in [0.1, 0.15) is 11.3 Å². The SMILES string of the molecule is COc1ccc(OC)c(S(=O)(=O)N2CCN(c3nc(Cc4cc(OC)c(OC)c(OC)c4)cs3)CC2)c1. The predicted molar refractivity (Wildman–Crippen MR) is 142 cm³/mol. The quantitative estimate of drug-likeness (QED) is 0.377. The van der Waals surface area contributed by atoms with Crippen LogP contribution in [0.5, 0.6) is 28.7 Å². The van der Waals surface area contributed by atoms with Crippen LogP contribution in [0.25, 0.3) is 0 Å². The lowest BCUT2D eigenvalue weighted by molar-refractivity contribution is 0.324. The zero-order valence-corrected chi connectivity index (χ0v) is 23.1. The summed E-state index contributed by atoms with van der Waals surface area (Å²) in [7, 11) is 3.96. The van der Waals surface area contributed by atoms with Gasteiger partial charge in [-0.3, -0.25) is 0 Å². The zero-order valence-electron chi connectivity index (χ0n) is 21.5. The Hall–Kier alpha value is -3.22. The van der Waals surface area contributed by atoms with Gasteiger partial charge in [0.05, 0.1) is 41.2 Å². The van der Waals surface area contributed by atoms with E-state index in [0.717, 1.165) is 16.4 Å². The van der Waals surface area contributed by atoms with E-state index in [9.17, 15) is 8.42 Å². The molecule has 0 aliphatic carbocycles. The fourth-order valence-electron chi connectivity index (χ4n) is 4.21. The minimum Gasteiger partial charge on any atom is -0.497 e. The number of rotatable bonds is 10. The highest BCUT2D eigenvalue weighted by Crippen LogP contribution is 2.39. The topological polar surface area (TPSA) is 99.7 Å². The molecule has 1 saturated heterocycles. The molecule has 1 aliphatic heterocycles. The summed E-state index contributed by atoms with van der Waals surface area (Å²) in [6, 6.07) is 8.60. The van der Waals surface area contributed by atoms with Gasteiger partial charge in [-0.05, 0) is 29.8 Å². The molecule has 0 amide bonds. The Morgan fingerprint density at radius 3 is 2.05 bits per heavy atom.